The molecule has 3 aromatic rings. The molecule has 2 aromatic heterocycles. The van der Waals surface area contributed by atoms with Gasteiger partial charge >= 0.3 is 0 Å². The summed E-state index contributed by atoms with van der Waals surface area (Å²) in [5, 5.41) is 2.72. The fraction of sp³-hybridized carbons (Fsp3) is 0.483. The smallest absolute Gasteiger partial charge is 0.291 e. The number of carbonyl (C=O) groups excluding carboxylic acids is 1. The zero-order valence-electron chi connectivity index (χ0n) is 25.0. The molecule has 0 saturated heterocycles. The lowest BCUT2D eigenvalue weighted by molar-refractivity contribution is -0.105. The minimum Gasteiger partial charge on any atom is -0.479 e. The zero-order valence-corrected chi connectivity index (χ0v) is 25.9. The molecule has 0 bridgehead atoms. The van der Waals surface area contributed by atoms with Gasteiger partial charge in [-0.15, -0.1) is 0 Å². The maximum Gasteiger partial charge on any atom is 0.291 e. The van der Waals surface area contributed by atoms with Crippen LogP contribution in [0, 0.1) is 6.92 Å². The normalized spacial score (nSPS) is 15.3. The average Bonchev–Trinajstić information content (AvgIpc) is 3.41. The highest BCUT2D eigenvalue weighted by Gasteiger charge is 2.43. The molecule has 4 rings (SSSR count). The van der Waals surface area contributed by atoms with Crippen molar-refractivity contribution in [1.82, 2.24) is 9.97 Å². The second-order valence-electron chi connectivity index (χ2n) is 11.3. The molecule has 0 unspecified atom stereocenters. The van der Waals surface area contributed by atoms with E-state index in [0.717, 1.165) is 22.9 Å². The quantitative estimate of drug-likeness (QED) is 0.368. The molecule has 11 nitrogen and oxygen atoms in total. The van der Waals surface area contributed by atoms with Crippen LogP contribution in [0.1, 0.15) is 66.3 Å². The third kappa shape index (κ3) is 6.48. The molecule has 0 fully saturated rings. The summed E-state index contributed by atoms with van der Waals surface area (Å²) >= 11 is 0. The van der Waals surface area contributed by atoms with Gasteiger partial charge in [0.25, 0.3) is 5.91 Å². The van der Waals surface area contributed by atoms with Crippen LogP contribution in [0.15, 0.2) is 28.7 Å². The topological polar surface area (TPSA) is 133 Å². The number of ether oxygens (including phenoxy) is 3. The molecule has 0 aliphatic carbocycles. The van der Waals surface area contributed by atoms with Gasteiger partial charge in [0, 0.05) is 26.3 Å². The number of hydrogen-bond donors (Lipinski definition) is 1. The number of nitrogens with one attached hydrogen (secondary N) is 1. The van der Waals surface area contributed by atoms with Crippen LogP contribution in [-0.4, -0.2) is 64.1 Å². The van der Waals surface area contributed by atoms with Crippen LogP contribution in [0.5, 0.6) is 11.8 Å². The van der Waals surface area contributed by atoms with Gasteiger partial charge in [0.15, 0.2) is 11.4 Å². The summed E-state index contributed by atoms with van der Waals surface area (Å²) in [4.78, 5) is 23.4. The summed E-state index contributed by atoms with van der Waals surface area (Å²) in [6, 6.07) is 7.73. The lowest BCUT2D eigenvalue weighted by atomic mass is 9.86. The van der Waals surface area contributed by atoms with Crippen molar-refractivity contribution in [3.63, 3.8) is 0 Å². The van der Waals surface area contributed by atoms with E-state index in [0.29, 0.717) is 12.2 Å². The van der Waals surface area contributed by atoms with Crippen LogP contribution >= 0.6 is 0 Å². The highest BCUT2D eigenvalue weighted by molar-refractivity contribution is 7.90. The van der Waals surface area contributed by atoms with E-state index < -0.39 is 21.3 Å². The van der Waals surface area contributed by atoms with Gasteiger partial charge in [0.1, 0.15) is 15.6 Å². The van der Waals surface area contributed by atoms with Crippen molar-refractivity contribution in [3.05, 3.63) is 58.0 Å². The number of methoxy groups -OCH3 is 2. The Morgan fingerprint density at radius 2 is 1.61 bits per heavy atom. The number of nitrogens with zero attached hydrogens (tertiary/aromatic N) is 3. The fourth-order valence-corrected chi connectivity index (χ4v) is 5.64. The summed E-state index contributed by atoms with van der Waals surface area (Å²) < 4.78 is 46.1. The number of fused-ring (bicyclic) bond motifs is 1. The first kappa shape index (κ1) is 30.3. The van der Waals surface area contributed by atoms with Gasteiger partial charge in [-0.25, -0.2) is 8.42 Å². The molecule has 0 saturated carbocycles. The van der Waals surface area contributed by atoms with Gasteiger partial charge in [-0.3, -0.25) is 4.79 Å². The Labute approximate surface area is 241 Å². The summed E-state index contributed by atoms with van der Waals surface area (Å²) in [5.41, 5.74) is 3.89. The van der Waals surface area contributed by atoms with Crippen molar-refractivity contribution in [2.45, 2.75) is 52.2 Å². The number of benzene rings is 1. The van der Waals surface area contributed by atoms with Gasteiger partial charge in [-0.05, 0) is 69.0 Å². The summed E-state index contributed by atoms with van der Waals surface area (Å²) in [5.74, 6) is 0.415. The van der Waals surface area contributed by atoms with E-state index in [-0.39, 0.29) is 47.1 Å². The van der Waals surface area contributed by atoms with Crippen LogP contribution in [0.4, 0.5) is 11.6 Å². The van der Waals surface area contributed by atoms with Gasteiger partial charge in [0.05, 0.1) is 31.2 Å². The number of aromatic nitrogens is 2. The van der Waals surface area contributed by atoms with Crippen LogP contribution < -0.4 is 19.7 Å². The molecule has 41 heavy (non-hydrogen) atoms. The Morgan fingerprint density at radius 3 is 2.17 bits per heavy atom. The van der Waals surface area contributed by atoms with Crippen molar-refractivity contribution in [2.75, 3.05) is 50.0 Å². The molecule has 1 N–H and O–H groups in total. The van der Waals surface area contributed by atoms with E-state index in [1.54, 1.807) is 24.1 Å². The monoisotopic (exact) mass is 586 g/mol. The lowest BCUT2D eigenvalue weighted by Gasteiger charge is -2.24. The van der Waals surface area contributed by atoms with Crippen LogP contribution in [0.2, 0.25) is 0 Å². The number of carbonyl (C=O) groups is 1. The Morgan fingerprint density at radius 1 is 1.02 bits per heavy atom. The number of aryl methyl sites for hydroxylation is 1. The van der Waals surface area contributed by atoms with Crippen molar-refractivity contribution in [3.8, 4) is 11.8 Å². The van der Waals surface area contributed by atoms with Gasteiger partial charge in [-0.1, -0.05) is 12.1 Å². The third-order valence-electron chi connectivity index (χ3n) is 7.13. The Kier molecular flexibility index (Phi) is 8.12. The maximum atomic E-state index is 13.2. The van der Waals surface area contributed by atoms with Crippen LogP contribution in [0.3, 0.4) is 0 Å². The summed E-state index contributed by atoms with van der Waals surface area (Å²) in [7, 11) is 1.27. The highest BCUT2D eigenvalue weighted by Crippen LogP contribution is 2.47. The molecule has 3 heterocycles. The van der Waals surface area contributed by atoms with E-state index in [9.17, 15) is 13.2 Å². The first-order valence-corrected chi connectivity index (χ1v) is 15.2. The first-order chi connectivity index (χ1) is 19.0. The lowest BCUT2D eigenvalue weighted by Crippen LogP contribution is -2.27. The van der Waals surface area contributed by atoms with Gasteiger partial charge in [-0.2, -0.15) is 9.97 Å². The number of furan rings is 1. The van der Waals surface area contributed by atoms with Crippen molar-refractivity contribution < 1.29 is 31.8 Å². The largest absolute Gasteiger partial charge is 0.479 e. The first-order valence-electron chi connectivity index (χ1n) is 13.2. The third-order valence-corrected chi connectivity index (χ3v) is 8.05. The molecule has 0 atom stereocenters. The minimum atomic E-state index is -3.18. The molecule has 1 aliphatic rings. The standard InChI is InChI=1S/C29H38N4O7S/c1-17-14-20-21(29(4,5)40-28(20,2)3)16-18(17)15-19-10-11-22(39-19)24(34)30-23-25(37-7)31-27(32-26(23)38-8)33(6)12-13-41(9,35)36/h10-11,14,16H,12-13,15H2,1-9H3,(H,30,34). The number of rotatable bonds is 10. The predicted octanol–water partition coefficient (Wildman–Crippen LogP) is 4.22. The Bertz CT molecular complexity index is 1550. The molecule has 222 valence electrons. The molecular weight excluding hydrogens is 548 g/mol. The van der Waals surface area contributed by atoms with E-state index in [1.807, 2.05) is 0 Å². The summed E-state index contributed by atoms with van der Waals surface area (Å²) in [6.07, 6.45) is 1.66. The summed E-state index contributed by atoms with van der Waals surface area (Å²) in [6.45, 7) is 10.5. The highest BCUT2D eigenvalue weighted by atomic mass is 32.2. The van der Waals surface area contributed by atoms with E-state index in [4.69, 9.17) is 18.6 Å². The molecule has 1 aromatic carbocycles. The van der Waals surface area contributed by atoms with E-state index >= 15 is 0 Å². The second kappa shape index (κ2) is 11.0. The molecule has 0 radical (unpaired) electrons. The minimum absolute atomic E-state index is 0.0553. The van der Waals surface area contributed by atoms with Crippen molar-refractivity contribution >= 4 is 27.4 Å². The number of amides is 1. The number of anilines is 2. The number of sulfone groups is 1. The molecule has 1 aliphatic heterocycles. The van der Waals surface area contributed by atoms with Gasteiger partial charge < -0.3 is 28.8 Å². The van der Waals surface area contributed by atoms with Gasteiger partial charge in [0.2, 0.25) is 17.7 Å². The molecule has 12 heteroatoms. The zero-order chi connectivity index (χ0) is 30.3. The molecular formula is C29H38N4O7S. The Hall–Kier alpha value is -3.64. The van der Waals surface area contributed by atoms with Crippen molar-refractivity contribution in [1.29, 1.82) is 0 Å². The fourth-order valence-electron chi connectivity index (χ4n) is 5.03. The number of hydrogen-bond acceptors (Lipinski definition) is 10. The SMILES string of the molecule is COc1nc(N(C)CCS(C)(=O)=O)nc(OC)c1NC(=O)c1ccc(Cc2cc3c(cc2C)C(C)(C)OC3(C)C)o1. The van der Waals surface area contributed by atoms with E-state index in [1.165, 1.54) is 19.8 Å². The molecule has 1 amide bonds. The van der Waals surface area contributed by atoms with Crippen LogP contribution in [-0.2, 0) is 32.2 Å². The van der Waals surface area contributed by atoms with E-state index in [2.05, 4.69) is 62.0 Å². The maximum absolute atomic E-state index is 13.2. The second-order valence-corrected chi connectivity index (χ2v) is 13.6. The molecule has 0 spiro atoms. The Balaban J connectivity index is 1.54. The predicted molar refractivity (Wildman–Crippen MR) is 156 cm³/mol. The average molecular weight is 587 g/mol. The van der Waals surface area contributed by atoms with Crippen LogP contribution in [0.25, 0.3) is 0 Å². The van der Waals surface area contributed by atoms with Crippen molar-refractivity contribution in [2.24, 2.45) is 0 Å².